The van der Waals surface area contributed by atoms with Crippen molar-refractivity contribution >= 4 is 43.5 Å². The lowest BCUT2D eigenvalue weighted by atomic mass is 9.97. The minimum absolute atomic E-state index is 0.0569. The molecule has 12 heteroatoms. The predicted molar refractivity (Wildman–Crippen MR) is 122 cm³/mol. The third kappa shape index (κ3) is 4.22. The average molecular weight is 487 g/mol. The topological polar surface area (TPSA) is 143 Å². The van der Waals surface area contributed by atoms with E-state index in [1.807, 2.05) is 18.2 Å². The van der Waals surface area contributed by atoms with Crippen LogP contribution in [0.25, 0.3) is 22.4 Å². The molecule has 5 rings (SSSR count). The van der Waals surface area contributed by atoms with Gasteiger partial charge in [0.05, 0.1) is 28.8 Å². The Balaban J connectivity index is 1.41. The molecule has 2 aromatic heterocycles. The van der Waals surface area contributed by atoms with Gasteiger partial charge in [0, 0.05) is 35.9 Å². The van der Waals surface area contributed by atoms with Gasteiger partial charge in [0.25, 0.3) is 10.0 Å². The first kappa shape index (κ1) is 21.2. The van der Waals surface area contributed by atoms with Crippen LogP contribution in [0.4, 0.5) is 5.13 Å². The van der Waals surface area contributed by atoms with Crippen LogP contribution in [0.3, 0.4) is 0 Å². The van der Waals surface area contributed by atoms with Crippen LogP contribution in [-0.2, 0) is 14.8 Å². The Morgan fingerprint density at radius 2 is 2.09 bits per heavy atom. The predicted octanol–water partition coefficient (Wildman–Crippen LogP) is 3.01. The average Bonchev–Trinajstić information content (AvgIpc) is 3.37. The molecule has 1 aliphatic heterocycles. The van der Waals surface area contributed by atoms with Gasteiger partial charge in [-0.25, -0.2) is 18.2 Å². The normalized spacial score (nSPS) is 15.6. The van der Waals surface area contributed by atoms with E-state index < -0.39 is 15.8 Å². The van der Waals surface area contributed by atoms with Gasteiger partial charge in [-0.3, -0.25) is 14.5 Å². The summed E-state index contributed by atoms with van der Waals surface area (Å²) in [7, 11) is -3.95. The van der Waals surface area contributed by atoms with E-state index >= 15 is 0 Å². The van der Waals surface area contributed by atoms with Gasteiger partial charge < -0.3 is 14.5 Å². The van der Waals surface area contributed by atoms with Crippen LogP contribution in [0, 0.1) is 0 Å². The van der Waals surface area contributed by atoms with Gasteiger partial charge in [0.2, 0.25) is 5.91 Å². The fourth-order valence-electron chi connectivity index (χ4n) is 3.67. The van der Waals surface area contributed by atoms with Gasteiger partial charge in [0.1, 0.15) is 5.75 Å². The number of ether oxygens (including phenoxy) is 1. The zero-order valence-electron chi connectivity index (χ0n) is 17.2. The van der Waals surface area contributed by atoms with E-state index in [1.54, 1.807) is 5.38 Å². The molecule has 0 bridgehead atoms. The molecule has 4 aromatic rings. The van der Waals surface area contributed by atoms with Gasteiger partial charge >= 0.3 is 5.76 Å². The molecular formula is C21H18N4O6S2. The molecule has 0 fully saturated rings. The molecule has 0 saturated carbocycles. The van der Waals surface area contributed by atoms with Crippen molar-refractivity contribution in [1.82, 2.24) is 15.3 Å². The number of oxazole rings is 1. The Morgan fingerprint density at radius 1 is 1.24 bits per heavy atom. The highest BCUT2D eigenvalue weighted by Gasteiger charge is 2.23. The van der Waals surface area contributed by atoms with E-state index in [0.717, 1.165) is 22.5 Å². The number of aromatic nitrogens is 2. The summed E-state index contributed by atoms with van der Waals surface area (Å²) < 4.78 is 38.7. The Hall–Kier alpha value is -3.64. The summed E-state index contributed by atoms with van der Waals surface area (Å²) in [6.45, 7) is 1.98. The summed E-state index contributed by atoms with van der Waals surface area (Å²) in [6, 6.07) is 9.50. The van der Waals surface area contributed by atoms with Crippen LogP contribution in [0.5, 0.6) is 5.75 Å². The third-order valence-electron chi connectivity index (χ3n) is 5.15. The van der Waals surface area contributed by atoms with Crippen molar-refractivity contribution in [2.24, 2.45) is 0 Å². The number of hydrogen-bond acceptors (Lipinski definition) is 8. The Labute approximate surface area is 191 Å². The fourth-order valence-corrected chi connectivity index (χ4v) is 5.66. The van der Waals surface area contributed by atoms with Crippen LogP contribution in [-0.4, -0.2) is 30.9 Å². The maximum absolute atomic E-state index is 12.8. The number of nitrogens with zero attached hydrogens (tertiary/aromatic N) is 1. The molecule has 0 saturated heterocycles. The summed E-state index contributed by atoms with van der Waals surface area (Å²) in [5.74, 6) is -0.0827. The Bertz CT molecular complexity index is 1540. The number of benzene rings is 2. The Morgan fingerprint density at radius 3 is 2.91 bits per heavy atom. The SMILES string of the molecule is CC(=O)NC1CCOc2ccc(-c3csc(NS(=O)(=O)c4ccc5[nH]c(=O)oc5c4)n3)cc21. The number of aromatic amines is 1. The van der Waals surface area contributed by atoms with E-state index in [9.17, 15) is 18.0 Å². The first-order chi connectivity index (χ1) is 15.8. The van der Waals surface area contributed by atoms with Crippen LogP contribution in [0.2, 0.25) is 0 Å². The summed E-state index contributed by atoms with van der Waals surface area (Å²) in [4.78, 5) is 29.7. The second-order valence-corrected chi connectivity index (χ2v) is 10.00. The quantitative estimate of drug-likeness (QED) is 0.393. The number of sulfonamides is 1. The summed E-state index contributed by atoms with van der Waals surface area (Å²) in [6.07, 6.45) is 0.657. The second-order valence-electron chi connectivity index (χ2n) is 7.46. The number of nitrogens with one attached hydrogen (secondary N) is 3. The maximum atomic E-state index is 12.8. The molecule has 170 valence electrons. The number of amides is 1. The van der Waals surface area contributed by atoms with E-state index in [-0.39, 0.29) is 27.6 Å². The number of hydrogen-bond donors (Lipinski definition) is 3. The zero-order chi connectivity index (χ0) is 23.2. The highest BCUT2D eigenvalue weighted by atomic mass is 32.2. The smallest absolute Gasteiger partial charge is 0.417 e. The van der Waals surface area contributed by atoms with Crippen LogP contribution >= 0.6 is 11.3 Å². The van der Waals surface area contributed by atoms with Crippen molar-refractivity contribution < 1.29 is 22.4 Å². The molecule has 1 amide bonds. The summed E-state index contributed by atoms with van der Waals surface area (Å²) in [5, 5.41) is 4.86. The number of fused-ring (bicyclic) bond motifs is 2. The maximum Gasteiger partial charge on any atom is 0.417 e. The van der Waals surface area contributed by atoms with Crippen LogP contribution in [0.1, 0.15) is 24.9 Å². The lowest BCUT2D eigenvalue weighted by Crippen LogP contribution is -2.30. The van der Waals surface area contributed by atoms with Crippen molar-refractivity contribution in [3.8, 4) is 17.0 Å². The number of anilines is 1. The van der Waals surface area contributed by atoms with Gasteiger partial charge in [-0.2, -0.15) is 0 Å². The highest BCUT2D eigenvalue weighted by Crippen LogP contribution is 2.36. The van der Waals surface area contributed by atoms with E-state index in [1.165, 1.54) is 25.1 Å². The first-order valence-electron chi connectivity index (χ1n) is 9.94. The van der Waals surface area contributed by atoms with Crippen molar-refractivity contribution in [3.63, 3.8) is 0 Å². The fraction of sp³-hybridized carbons (Fsp3) is 0.190. The van der Waals surface area contributed by atoms with E-state index in [0.29, 0.717) is 30.0 Å². The molecule has 33 heavy (non-hydrogen) atoms. The number of carbonyl (C=O) groups excluding carboxylic acids is 1. The Kier molecular flexibility index (Phi) is 5.17. The van der Waals surface area contributed by atoms with Gasteiger partial charge in [-0.05, 0) is 30.3 Å². The zero-order valence-corrected chi connectivity index (χ0v) is 18.9. The molecule has 2 aromatic carbocycles. The standard InChI is InChI=1S/C21H18N4O6S2/c1-11(26)22-15-6-7-30-18-5-2-12(8-14(15)18)17-10-32-20(23-17)25-33(28,29)13-3-4-16-19(9-13)31-21(27)24-16/h2-5,8-10,15H,6-7H2,1H3,(H,22,26)(H,23,25)(H,24,27). The largest absolute Gasteiger partial charge is 0.493 e. The number of thiazole rings is 1. The molecule has 3 N–H and O–H groups in total. The highest BCUT2D eigenvalue weighted by molar-refractivity contribution is 7.93. The first-order valence-corrected chi connectivity index (χ1v) is 12.3. The second kappa shape index (κ2) is 8.05. The van der Waals surface area contributed by atoms with Crippen molar-refractivity contribution in [3.05, 3.63) is 57.9 Å². The lowest BCUT2D eigenvalue weighted by molar-refractivity contribution is -0.119. The molecule has 10 nitrogen and oxygen atoms in total. The molecule has 0 aliphatic carbocycles. The number of rotatable bonds is 5. The van der Waals surface area contributed by atoms with E-state index in [2.05, 4.69) is 20.0 Å². The molecule has 3 heterocycles. The third-order valence-corrected chi connectivity index (χ3v) is 7.37. The molecule has 1 aliphatic rings. The van der Waals surface area contributed by atoms with Gasteiger partial charge in [-0.15, -0.1) is 11.3 Å². The summed E-state index contributed by atoms with van der Waals surface area (Å²) in [5.41, 5.74) is 2.76. The minimum Gasteiger partial charge on any atom is -0.493 e. The minimum atomic E-state index is -3.95. The lowest BCUT2D eigenvalue weighted by Gasteiger charge is -2.26. The molecule has 0 spiro atoms. The molecular weight excluding hydrogens is 468 g/mol. The van der Waals surface area contributed by atoms with Crippen LogP contribution < -0.4 is 20.5 Å². The van der Waals surface area contributed by atoms with E-state index in [4.69, 9.17) is 9.15 Å². The number of H-pyrrole nitrogens is 1. The molecule has 1 unspecified atom stereocenters. The monoisotopic (exact) mass is 486 g/mol. The van der Waals surface area contributed by atoms with Gasteiger partial charge in [0.15, 0.2) is 10.7 Å². The van der Waals surface area contributed by atoms with Crippen molar-refractivity contribution in [1.29, 1.82) is 0 Å². The van der Waals surface area contributed by atoms with Crippen molar-refractivity contribution in [2.45, 2.75) is 24.3 Å². The summed E-state index contributed by atoms with van der Waals surface area (Å²) >= 11 is 1.14. The van der Waals surface area contributed by atoms with Gasteiger partial charge in [-0.1, -0.05) is 0 Å². The molecule has 0 radical (unpaired) electrons. The van der Waals surface area contributed by atoms with Crippen LogP contribution in [0.15, 0.2) is 55.9 Å². The van der Waals surface area contributed by atoms with Crippen molar-refractivity contribution in [2.75, 3.05) is 11.3 Å². The number of carbonyl (C=O) groups is 1. The molecule has 1 atom stereocenters.